The summed E-state index contributed by atoms with van der Waals surface area (Å²) < 4.78 is 0. The molecule has 4 unspecified atom stereocenters. The quantitative estimate of drug-likeness (QED) is 0.0484. The molecule has 7 amide bonds. The third-order valence-corrected chi connectivity index (χ3v) is 23.3. The zero-order valence-electron chi connectivity index (χ0n) is 84.6. The van der Waals surface area contributed by atoms with E-state index in [4.69, 9.17) is 10.2 Å². The van der Waals surface area contributed by atoms with E-state index in [0.717, 1.165) is 134 Å². The number of aliphatic carboxylic acids is 2. The van der Waals surface area contributed by atoms with E-state index in [2.05, 4.69) is 80.1 Å². The van der Waals surface area contributed by atoms with Crippen molar-refractivity contribution in [2.75, 3.05) is 110 Å². The molecule has 0 radical (unpaired) electrons. The molecule has 0 aliphatic heterocycles. The minimum absolute atomic E-state index is 0. The molecule has 125 heavy (non-hydrogen) atoms. The topological polar surface area (TPSA) is 288 Å². The first-order valence-electron chi connectivity index (χ1n) is 43.4. The van der Waals surface area contributed by atoms with Crippen LogP contribution in [0.5, 0.6) is 0 Å². The van der Waals surface area contributed by atoms with E-state index in [0.29, 0.717) is 42.9 Å². The second-order valence-corrected chi connectivity index (χ2v) is 33.4. The van der Waals surface area contributed by atoms with Gasteiger partial charge in [0.05, 0.1) is 11.8 Å². The molecule has 12 saturated carbocycles. The fourth-order valence-corrected chi connectivity index (χ4v) is 16.8. The fourth-order valence-electron chi connectivity index (χ4n) is 16.8. The standard InChI is InChI=1S/2C10H20N2O.C8H13NO3.C8H15NO.C8H17N.3C7H13NO.C6H10O2.3C5H10.12CH3.6Fe/c1-11-10(13)9-5-4-8(6-9)7-12(2)3;1-12(2)8-7-11-10(13)9-5-3-4-6-9;1-9-7(10)5-2-3-6(4-5)8(11)12;1-7(10)9-6-8-4-2-3-5-8;1-9(2)7-8-5-3-4-6-8;3*1-8-7(9)6-4-2-3-5-6;7-6(8)5-3-1-2-4-5;3*1-2-4-5-3-1;;;;;;;;;;;;;;;;;;/h8-9H,4-7H2,1-3H3,(H,11,13);9H,3-8H2,1-2H3,(H,11,13);5-6H,2-4H2,1H3,(H,9,10)(H,11,12);8H,2-6H2,1H3,(H,9,10);8H,3-7H2,1-2H3;3*6H,2-5H2,1H3,(H,8,9);5H,1-4H2,(H,7,8);3*1-5H2;12*1H3;;;;;;/q;;;;;;;;;;;;12*-1;6*+2. The van der Waals surface area contributed by atoms with Crippen molar-refractivity contribution in [1.82, 2.24) is 51.9 Å². The summed E-state index contributed by atoms with van der Waals surface area (Å²) in [5.41, 5.74) is 0. The number of carbonyl (C=O) groups excluding carboxylic acids is 7. The molecule has 9 N–H and O–H groups in total. The van der Waals surface area contributed by atoms with Crippen LogP contribution in [0.2, 0.25) is 0 Å². The summed E-state index contributed by atoms with van der Waals surface area (Å²) in [6, 6.07) is 0. The van der Waals surface area contributed by atoms with Crippen LogP contribution in [-0.2, 0) is 146 Å². The summed E-state index contributed by atoms with van der Waals surface area (Å²) in [4.78, 5) is 104. The van der Waals surface area contributed by atoms with Crippen LogP contribution in [-0.4, -0.2) is 188 Å². The maximum Gasteiger partial charge on any atom is 2.00 e. The summed E-state index contributed by atoms with van der Waals surface area (Å²) in [6.45, 7) is 6.61. The smallest absolute Gasteiger partial charge is 0.481 e. The Hall–Kier alpha value is -1.77. The normalized spacial score (nSPS) is 19.2. The van der Waals surface area contributed by atoms with Gasteiger partial charge in [-0.05, 0) is 188 Å². The minimum Gasteiger partial charge on any atom is -0.481 e. The zero-order valence-corrected chi connectivity index (χ0v) is 91.2. The number of carbonyl (C=O) groups is 9. The Morgan fingerprint density at radius 1 is 0.248 bits per heavy atom. The van der Waals surface area contributed by atoms with Crippen molar-refractivity contribution >= 4 is 53.3 Å². The Balaban J connectivity index is -0.0000000621. The van der Waals surface area contributed by atoms with E-state index in [1.165, 1.54) is 212 Å². The Morgan fingerprint density at radius 3 is 0.712 bits per heavy atom. The first-order valence-corrected chi connectivity index (χ1v) is 43.4. The molecule has 12 fully saturated rings. The molecule has 756 valence electrons. The van der Waals surface area contributed by atoms with E-state index < -0.39 is 11.9 Å². The van der Waals surface area contributed by atoms with Gasteiger partial charge in [0, 0.05) is 110 Å². The molecule has 0 aromatic carbocycles. The largest absolute Gasteiger partial charge is 2.00 e. The number of rotatable bonds is 17. The summed E-state index contributed by atoms with van der Waals surface area (Å²) in [5.74, 6) is 3.51. The number of nitrogens with zero attached hydrogens (tertiary/aromatic N) is 3. The Bertz CT molecular complexity index is 2220. The monoisotopic (exact) mass is 2030 g/mol. The number of nitrogens with one attached hydrogen (secondary N) is 7. The predicted octanol–water partition coefficient (Wildman–Crippen LogP) is 20.1. The zero-order chi connectivity index (χ0) is 79.4. The average molecular weight is 2030 g/mol. The molecule has 0 bridgehead atoms. The first-order chi connectivity index (χ1) is 51.4. The van der Waals surface area contributed by atoms with Crippen LogP contribution in [0.1, 0.15) is 322 Å². The Morgan fingerprint density at radius 2 is 0.472 bits per heavy atom. The third-order valence-electron chi connectivity index (χ3n) is 23.3. The van der Waals surface area contributed by atoms with Crippen LogP contribution >= 0.6 is 0 Å². The van der Waals surface area contributed by atoms with E-state index in [-0.39, 0.29) is 257 Å². The maximum atomic E-state index is 11.5. The van der Waals surface area contributed by atoms with Crippen LogP contribution in [0.4, 0.5) is 0 Å². The number of hydrogen-bond donors (Lipinski definition) is 9. The van der Waals surface area contributed by atoms with Crippen LogP contribution in [0.3, 0.4) is 0 Å². The summed E-state index contributed by atoms with van der Waals surface area (Å²) in [5, 5.41) is 36.2. The molecule has 0 saturated heterocycles. The molecular formula is C98H200Fe6N10O11. The molecule has 0 spiro atoms. The minimum atomic E-state index is -0.776. The summed E-state index contributed by atoms with van der Waals surface area (Å²) in [7, 11) is 21.0. The van der Waals surface area contributed by atoms with E-state index in [1.807, 2.05) is 14.1 Å². The van der Waals surface area contributed by atoms with Crippen molar-refractivity contribution in [2.24, 2.45) is 65.1 Å². The van der Waals surface area contributed by atoms with Crippen LogP contribution in [0.25, 0.3) is 0 Å². The molecule has 12 rings (SSSR count). The Kier molecular flexibility index (Phi) is 145. The van der Waals surface area contributed by atoms with Gasteiger partial charge in [0.1, 0.15) is 0 Å². The van der Waals surface area contributed by atoms with Crippen molar-refractivity contribution in [1.29, 1.82) is 0 Å². The molecule has 12 aliphatic rings. The molecule has 21 nitrogen and oxygen atoms in total. The van der Waals surface area contributed by atoms with Gasteiger partial charge >= 0.3 is 114 Å². The SMILES string of the molecule is C1CCCC1.C1CCCC1.C1CCCC1.CC(=O)NCC1CCCC1.CN(C)CC1CCCC1.CN(C)CCNC(=O)C1CCCC1.CNC(=O)C1CCC(C(=O)O)C1.CNC(=O)C1CCC(CN(C)C)C1.CNC(=O)C1CCCC1.CNC(=O)C1CCCC1.CNC(=O)C1CCCC1.O=C(O)C1CCCC1.[CH3-].[CH3-].[CH3-].[CH3-].[CH3-].[CH3-].[CH3-].[CH3-].[CH3-].[CH3-].[CH3-].[CH3-].[Fe+2].[Fe+2].[Fe+2].[Fe+2].[Fe+2].[Fe+2]. The van der Waals surface area contributed by atoms with Gasteiger partial charge in [0.15, 0.2) is 0 Å². The van der Waals surface area contributed by atoms with Crippen molar-refractivity contribution in [3.8, 4) is 0 Å². The van der Waals surface area contributed by atoms with Crippen LogP contribution in [0.15, 0.2) is 0 Å². The predicted molar refractivity (Wildman–Crippen MR) is 515 cm³/mol. The first kappa shape index (κ1) is 166. The van der Waals surface area contributed by atoms with Gasteiger partial charge in [-0.1, -0.05) is 186 Å². The van der Waals surface area contributed by atoms with Crippen molar-refractivity contribution in [3.05, 3.63) is 89.1 Å². The molecule has 4 atom stereocenters. The van der Waals surface area contributed by atoms with Gasteiger partial charge in [-0.2, -0.15) is 0 Å². The average Bonchev–Trinajstić information content (AvgIpc) is 1.75. The molecule has 0 aromatic heterocycles. The van der Waals surface area contributed by atoms with Gasteiger partial charge in [-0.3, -0.25) is 43.2 Å². The molecule has 0 heterocycles. The third kappa shape index (κ3) is 88.6. The number of amides is 7. The number of carboxylic acid groups (broad SMARTS) is 2. The van der Waals surface area contributed by atoms with Crippen molar-refractivity contribution in [2.45, 2.75) is 322 Å². The van der Waals surface area contributed by atoms with Crippen molar-refractivity contribution < 1.29 is 156 Å². The fraction of sp³-hybridized carbons (Fsp3) is 0.786. The molecule has 12 aliphatic carbocycles. The molecular weight excluding hydrogens is 1830 g/mol. The van der Waals surface area contributed by atoms with Gasteiger partial charge in [-0.15, -0.1) is 0 Å². The second-order valence-electron chi connectivity index (χ2n) is 33.4. The molecule has 27 heteroatoms. The van der Waals surface area contributed by atoms with Gasteiger partial charge in [0.25, 0.3) is 0 Å². The summed E-state index contributed by atoms with van der Waals surface area (Å²) >= 11 is 0. The maximum absolute atomic E-state index is 11.5. The van der Waals surface area contributed by atoms with Crippen molar-refractivity contribution in [3.63, 3.8) is 0 Å². The van der Waals surface area contributed by atoms with Gasteiger partial charge < -0.3 is 151 Å². The second kappa shape index (κ2) is 109. The van der Waals surface area contributed by atoms with E-state index >= 15 is 0 Å². The summed E-state index contributed by atoms with van der Waals surface area (Å²) in [6.07, 6.45) is 61.5. The Labute approximate surface area is 840 Å². The van der Waals surface area contributed by atoms with E-state index in [9.17, 15) is 43.2 Å². The molecule has 0 aromatic rings. The van der Waals surface area contributed by atoms with Crippen LogP contribution in [0, 0.1) is 154 Å². The van der Waals surface area contributed by atoms with Gasteiger partial charge in [-0.25, -0.2) is 0 Å². The number of carboxylic acids is 2. The number of likely N-dealkylation sites (N-methyl/N-ethyl adjacent to an activating group) is 1. The number of hydrogen-bond acceptors (Lipinski definition) is 12. The van der Waals surface area contributed by atoms with E-state index in [1.54, 1.807) is 42.2 Å². The van der Waals surface area contributed by atoms with Gasteiger partial charge in [0.2, 0.25) is 41.4 Å². The van der Waals surface area contributed by atoms with Crippen LogP contribution < -0.4 is 37.2 Å².